The third-order valence-electron chi connectivity index (χ3n) is 2.76. The lowest BCUT2D eigenvalue weighted by atomic mass is 10.2. The first-order valence-electron chi connectivity index (χ1n) is 6.81. The average molecular weight is 288 g/mol. The molecule has 0 aromatic carbocycles. The van der Waals surface area contributed by atoms with Crippen molar-refractivity contribution in [3.63, 3.8) is 0 Å². The van der Waals surface area contributed by atoms with Crippen LogP contribution >= 0.6 is 0 Å². The maximum atomic E-state index is 11.9. The molecule has 0 fully saturated rings. The Morgan fingerprint density at radius 3 is 2.62 bits per heavy atom. The van der Waals surface area contributed by atoms with E-state index in [1.165, 1.54) is 6.26 Å². The lowest BCUT2D eigenvalue weighted by Crippen LogP contribution is -2.24. The zero-order valence-corrected chi connectivity index (χ0v) is 12.8. The lowest BCUT2D eigenvalue weighted by Gasteiger charge is -2.20. The van der Waals surface area contributed by atoms with Crippen LogP contribution in [0.1, 0.15) is 42.5 Å². The van der Waals surface area contributed by atoms with Crippen molar-refractivity contribution in [3.05, 3.63) is 47.5 Å². The number of nitrogens with one attached hydrogen (secondary N) is 1. The summed E-state index contributed by atoms with van der Waals surface area (Å²) >= 11 is 0. The second kappa shape index (κ2) is 5.99. The summed E-state index contributed by atoms with van der Waals surface area (Å²) in [7, 11) is 0. The molecule has 0 aliphatic heterocycles. The molecule has 0 spiro atoms. The van der Waals surface area contributed by atoms with Gasteiger partial charge in [0.2, 0.25) is 5.88 Å². The van der Waals surface area contributed by atoms with E-state index in [9.17, 15) is 4.79 Å². The summed E-state index contributed by atoms with van der Waals surface area (Å²) in [6.45, 7) is 8.07. The fourth-order valence-corrected chi connectivity index (χ4v) is 1.79. The molecule has 21 heavy (non-hydrogen) atoms. The highest BCUT2D eigenvalue weighted by Gasteiger charge is 2.13. The van der Waals surface area contributed by atoms with Gasteiger partial charge in [-0.3, -0.25) is 4.79 Å². The predicted octanol–water partition coefficient (Wildman–Crippen LogP) is 3.09. The van der Waals surface area contributed by atoms with Gasteiger partial charge in [-0.15, -0.1) is 0 Å². The van der Waals surface area contributed by atoms with Gasteiger partial charge in [-0.2, -0.15) is 0 Å². The summed E-state index contributed by atoms with van der Waals surface area (Å²) in [4.78, 5) is 16.2. The third-order valence-corrected chi connectivity index (χ3v) is 2.76. The van der Waals surface area contributed by atoms with Crippen LogP contribution in [-0.4, -0.2) is 16.5 Å². The van der Waals surface area contributed by atoms with Crippen molar-refractivity contribution in [2.24, 2.45) is 0 Å². The van der Waals surface area contributed by atoms with Crippen molar-refractivity contribution in [3.8, 4) is 5.88 Å². The van der Waals surface area contributed by atoms with Crippen LogP contribution in [-0.2, 0) is 6.54 Å². The number of nitrogens with zero attached hydrogens (tertiary/aromatic N) is 1. The molecule has 1 amide bonds. The van der Waals surface area contributed by atoms with Gasteiger partial charge >= 0.3 is 0 Å². The fraction of sp³-hybridized carbons (Fsp3) is 0.375. The first kappa shape index (κ1) is 15.1. The van der Waals surface area contributed by atoms with Gasteiger partial charge in [0, 0.05) is 18.8 Å². The van der Waals surface area contributed by atoms with Crippen molar-refractivity contribution in [2.45, 2.75) is 39.8 Å². The number of furan rings is 1. The number of carbonyl (C=O) groups excluding carboxylic acids is 1. The smallest absolute Gasteiger partial charge is 0.255 e. The SMILES string of the molecule is Cc1occc1C(=O)NCc1ccc(OC(C)(C)C)nc1. The molecule has 112 valence electrons. The van der Waals surface area contributed by atoms with Gasteiger partial charge in [-0.05, 0) is 39.3 Å². The van der Waals surface area contributed by atoms with Gasteiger partial charge in [0.15, 0.2) is 0 Å². The van der Waals surface area contributed by atoms with Crippen molar-refractivity contribution in [1.29, 1.82) is 0 Å². The minimum atomic E-state index is -0.276. The van der Waals surface area contributed by atoms with Gasteiger partial charge < -0.3 is 14.5 Å². The van der Waals surface area contributed by atoms with Crippen LogP contribution in [0.15, 0.2) is 35.1 Å². The number of rotatable bonds is 4. The van der Waals surface area contributed by atoms with Crippen LogP contribution in [0.2, 0.25) is 0 Å². The van der Waals surface area contributed by atoms with E-state index < -0.39 is 0 Å². The monoisotopic (exact) mass is 288 g/mol. The summed E-state index contributed by atoms with van der Waals surface area (Å²) < 4.78 is 10.8. The van der Waals surface area contributed by atoms with Crippen LogP contribution in [0.4, 0.5) is 0 Å². The van der Waals surface area contributed by atoms with E-state index in [0.717, 1.165) is 5.56 Å². The van der Waals surface area contributed by atoms with Crippen molar-refractivity contribution >= 4 is 5.91 Å². The molecule has 5 nitrogen and oxygen atoms in total. The van der Waals surface area contributed by atoms with Crippen LogP contribution in [0, 0.1) is 6.92 Å². The number of amides is 1. The Morgan fingerprint density at radius 1 is 1.33 bits per heavy atom. The Balaban J connectivity index is 1.92. The summed E-state index contributed by atoms with van der Waals surface area (Å²) in [5.41, 5.74) is 1.18. The van der Waals surface area contributed by atoms with Gasteiger partial charge in [0.1, 0.15) is 11.4 Å². The summed E-state index contributed by atoms with van der Waals surface area (Å²) in [6, 6.07) is 5.34. The molecule has 1 N–H and O–H groups in total. The molecule has 5 heteroatoms. The molecule has 2 heterocycles. The minimum Gasteiger partial charge on any atom is -0.472 e. The van der Waals surface area contributed by atoms with Gasteiger partial charge in [-0.1, -0.05) is 6.07 Å². The first-order valence-corrected chi connectivity index (χ1v) is 6.81. The maximum absolute atomic E-state index is 11.9. The fourth-order valence-electron chi connectivity index (χ4n) is 1.79. The Morgan fingerprint density at radius 2 is 2.10 bits per heavy atom. The van der Waals surface area contributed by atoms with Crippen molar-refractivity contribution in [1.82, 2.24) is 10.3 Å². The van der Waals surface area contributed by atoms with Crippen molar-refractivity contribution < 1.29 is 13.9 Å². The lowest BCUT2D eigenvalue weighted by molar-refractivity contribution is 0.0949. The molecule has 0 saturated heterocycles. The first-order chi connectivity index (χ1) is 9.85. The minimum absolute atomic E-state index is 0.156. The topological polar surface area (TPSA) is 64.4 Å². The number of hydrogen-bond acceptors (Lipinski definition) is 4. The molecular weight excluding hydrogens is 268 g/mol. The van der Waals surface area contributed by atoms with E-state index in [1.54, 1.807) is 25.3 Å². The Hall–Kier alpha value is -2.30. The van der Waals surface area contributed by atoms with Gasteiger partial charge in [0.05, 0.1) is 11.8 Å². The van der Waals surface area contributed by atoms with Crippen LogP contribution in [0.3, 0.4) is 0 Å². The van der Waals surface area contributed by atoms with Crippen molar-refractivity contribution in [2.75, 3.05) is 0 Å². The normalized spacial score (nSPS) is 11.2. The number of aromatic nitrogens is 1. The quantitative estimate of drug-likeness (QED) is 0.939. The Kier molecular flexibility index (Phi) is 4.31. The highest BCUT2D eigenvalue weighted by molar-refractivity contribution is 5.94. The van der Waals surface area contributed by atoms with E-state index in [2.05, 4.69) is 10.3 Å². The zero-order valence-electron chi connectivity index (χ0n) is 12.8. The molecule has 2 rings (SSSR count). The standard InChI is InChI=1S/C16H20N2O3/c1-11-13(7-8-20-11)15(19)18-10-12-5-6-14(17-9-12)21-16(2,3)4/h5-9H,10H2,1-4H3,(H,18,19). The Labute approximate surface area is 124 Å². The molecule has 0 atom stereocenters. The van der Waals surface area contributed by atoms with Gasteiger partial charge in [-0.25, -0.2) is 4.98 Å². The highest BCUT2D eigenvalue weighted by Crippen LogP contribution is 2.15. The number of carbonyl (C=O) groups is 1. The number of pyridine rings is 1. The molecule has 0 unspecified atom stereocenters. The second-order valence-corrected chi connectivity index (χ2v) is 5.79. The number of aryl methyl sites for hydroxylation is 1. The molecule has 2 aromatic rings. The van der Waals surface area contributed by atoms with E-state index in [4.69, 9.17) is 9.15 Å². The largest absolute Gasteiger partial charge is 0.472 e. The molecule has 2 aromatic heterocycles. The molecule has 0 bridgehead atoms. The molecular formula is C16H20N2O3. The zero-order chi connectivity index (χ0) is 15.5. The van der Waals surface area contributed by atoms with E-state index >= 15 is 0 Å². The van der Waals surface area contributed by atoms with E-state index in [-0.39, 0.29) is 11.5 Å². The van der Waals surface area contributed by atoms with Crippen LogP contribution in [0.5, 0.6) is 5.88 Å². The predicted molar refractivity (Wildman–Crippen MR) is 79.2 cm³/mol. The summed E-state index contributed by atoms with van der Waals surface area (Å²) in [5.74, 6) is 1.03. The van der Waals surface area contributed by atoms with E-state index in [0.29, 0.717) is 23.7 Å². The van der Waals surface area contributed by atoms with Gasteiger partial charge in [0.25, 0.3) is 5.91 Å². The molecule has 0 aliphatic rings. The molecule has 0 aliphatic carbocycles. The number of hydrogen-bond donors (Lipinski definition) is 1. The van der Waals surface area contributed by atoms with Crippen LogP contribution in [0.25, 0.3) is 0 Å². The summed E-state index contributed by atoms with van der Waals surface area (Å²) in [6.07, 6.45) is 3.20. The average Bonchev–Trinajstić information content (AvgIpc) is 2.82. The third kappa shape index (κ3) is 4.34. The summed E-state index contributed by atoms with van der Waals surface area (Å²) in [5, 5.41) is 2.83. The second-order valence-electron chi connectivity index (χ2n) is 5.79. The van der Waals surface area contributed by atoms with E-state index in [1.807, 2.05) is 26.8 Å². The molecule has 0 radical (unpaired) electrons. The maximum Gasteiger partial charge on any atom is 0.255 e. The highest BCUT2D eigenvalue weighted by atomic mass is 16.5. The molecule has 0 saturated carbocycles. The number of ether oxygens (including phenoxy) is 1. The van der Waals surface area contributed by atoms with Crippen LogP contribution < -0.4 is 10.1 Å². The Bertz CT molecular complexity index is 609.